The van der Waals surface area contributed by atoms with Crippen LogP contribution in [0.1, 0.15) is 128 Å². The molecule has 230 valence electrons. The van der Waals surface area contributed by atoms with Gasteiger partial charge in [-0.25, -0.2) is 4.98 Å². The zero-order chi connectivity index (χ0) is 29.7. The maximum absolute atomic E-state index is 13.3. The molecule has 0 saturated carbocycles. The highest BCUT2D eigenvalue weighted by Gasteiger charge is 2.35. The molecule has 4 nitrogen and oxygen atoms in total. The Hall–Kier alpha value is -3.14. The lowest BCUT2D eigenvalue weighted by molar-refractivity contribution is -0.117. The number of nitrogens with zero attached hydrogens (tertiary/aromatic N) is 3. The lowest BCUT2D eigenvalue weighted by Gasteiger charge is -2.19. The predicted molar refractivity (Wildman–Crippen MR) is 183 cm³/mol. The van der Waals surface area contributed by atoms with Gasteiger partial charge in [-0.15, -0.1) is 0 Å². The summed E-state index contributed by atoms with van der Waals surface area (Å²) < 4.78 is 2.42. The molecule has 1 amide bonds. The fourth-order valence-electron chi connectivity index (χ4n) is 7.02. The molecule has 1 fully saturated rings. The lowest BCUT2D eigenvalue weighted by atomic mass is 10.0. The van der Waals surface area contributed by atoms with Crippen molar-refractivity contribution < 1.29 is 4.79 Å². The number of imidazole rings is 1. The number of fused-ring (bicyclic) bond motifs is 2. The highest BCUT2D eigenvalue weighted by atomic mass is 16.2. The molecule has 1 atom stereocenters. The van der Waals surface area contributed by atoms with Crippen molar-refractivity contribution in [2.24, 2.45) is 0 Å². The molecular weight excluding hydrogens is 526 g/mol. The van der Waals surface area contributed by atoms with E-state index in [-0.39, 0.29) is 11.8 Å². The fraction of sp³-hybridized carbons (Fsp3) is 0.538. The van der Waals surface area contributed by atoms with E-state index in [2.05, 4.69) is 78.2 Å². The standard InChI is InChI=1S/C39H53N3O/c1-2-3-4-5-6-7-8-9-10-11-12-13-14-15-16-21-29-41-37-27-20-19-26-35(37)40-39(41)33-30-38(43)42(31-33)36-28-22-24-32-23-17-18-25-34(32)36/h17-20,22-28,33H,2-16,21,29-31H2,1H3. The van der Waals surface area contributed by atoms with E-state index < -0.39 is 0 Å². The van der Waals surface area contributed by atoms with Crippen molar-refractivity contribution in [1.29, 1.82) is 0 Å². The topological polar surface area (TPSA) is 38.1 Å². The van der Waals surface area contributed by atoms with Gasteiger partial charge in [0.2, 0.25) is 5.91 Å². The van der Waals surface area contributed by atoms with E-state index in [1.807, 2.05) is 4.90 Å². The van der Waals surface area contributed by atoms with Crippen LogP contribution < -0.4 is 4.90 Å². The van der Waals surface area contributed by atoms with Gasteiger partial charge in [0.1, 0.15) is 5.82 Å². The van der Waals surface area contributed by atoms with Crippen molar-refractivity contribution >= 4 is 33.4 Å². The minimum Gasteiger partial charge on any atom is -0.328 e. The molecule has 43 heavy (non-hydrogen) atoms. The smallest absolute Gasteiger partial charge is 0.227 e. The third-order valence-corrected chi connectivity index (χ3v) is 9.47. The monoisotopic (exact) mass is 579 g/mol. The molecule has 1 aliphatic heterocycles. The van der Waals surface area contributed by atoms with Crippen LogP contribution in [-0.4, -0.2) is 22.0 Å². The van der Waals surface area contributed by atoms with E-state index in [0.717, 1.165) is 29.0 Å². The van der Waals surface area contributed by atoms with E-state index >= 15 is 0 Å². The molecule has 5 rings (SSSR count). The Labute approximate surface area is 259 Å². The first kappa shape index (κ1) is 31.3. The summed E-state index contributed by atoms with van der Waals surface area (Å²) in [6, 6.07) is 23.1. The largest absolute Gasteiger partial charge is 0.328 e. The van der Waals surface area contributed by atoms with Crippen molar-refractivity contribution in [3.63, 3.8) is 0 Å². The fourth-order valence-corrected chi connectivity index (χ4v) is 7.02. The first-order valence-corrected chi connectivity index (χ1v) is 17.5. The third kappa shape index (κ3) is 8.49. The van der Waals surface area contributed by atoms with Gasteiger partial charge in [-0.1, -0.05) is 152 Å². The number of para-hydroxylation sites is 2. The Bertz CT molecular complexity index is 1420. The first-order valence-electron chi connectivity index (χ1n) is 17.5. The van der Waals surface area contributed by atoms with Crippen LogP contribution in [0.15, 0.2) is 66.7 Å². The SMILES string of the molecule is CCCCCCCCCCCCCCCCCCn1c(C2CC(=O)N(c3cccc4ccccc34)C2)nc2ccccc21. The van der Waals surface area contributed by atoms with Crippen LogP contribution in [0.2, 0.25) is 0 Å². The summed E-state index contributed by atoms with van der Waals surface area (Å²) in [6.07, 6.45) is 22.6. The second-order valence-electron chi connectivity index (χ2n) is 12.8. The second-order valence-corrected chi connectivity index (χ2v) is 12.8. The molecule has 3 aromatic carbocycles. The Morgan fingerprint density at radius 2 is 1.26 bits per heavy atom. The molecule has 0 spiro atoms. The minimum absolute atomic E-state index is 0.111. The number of benzene rings is 3. The molecular formula is C39H53N3O. The van der Waals surface area contributed by atoms with Crippen LogP contribution >= 0.6 is 0 Å². The molecule has 0 aliphatic carbocycles. The number of hydrogen-bond acceptors (Lipinski definition) is 2. The number of amides is 1. The van der Waals surface area contributed by atoms with Crippen molar-refractivity contribution in [3.05, 3.63) is 72.6 Å². The van der Waals surface area contributed by atoms with Crippen molar-refractivity contribution in [3.8, 4) is 0 Å². The normalized spacial score (nSPS) is 15.3. The van der Waals surface area contributed by atoms with Crippen LogP contribution in [-0.2, 0) is 11.3 Å². The molecule has 2 heterocycles. The number of hydrogen-bond donors (Lipinski definition) is 0. The van der Waals surface area contributed by atoms with Gasteiger partial charge < -0.3 is 9.47 Å². The van der Waals surface area contributed by atoms with E-state index in [1.54, 1.807) is 0 Å². The molecule has 0 radical (unpaired) electrons. The summed E-state index contributed by atoms with van der Waals surface area (Å²) in [6.45, 7) is 3.96. The maximum atomic E-state index is 13.3. The van der Waals surface area contributed by atoms with E-state index in [9.17, 15) is 4.79 Å². The lowest BCUT2D eigenvalue weighted by Crippen LogP contribution is -2.24. The Kier molecular flexibility index (Phi) is 12.1. The zero-order valence-electron chi connectivity index (χ0n) is 26.6. The molecule has 1 aliphatic rings. The Morgan fingerprint density at radius 1 is 0.674 bits per heavy atom. The number of aromatic nitrogens is 2. The molecule has 1 aromatic heterocycles. The van der Waals surface area contributed by atoms with Gasteiger partial charge in [0.05, 0.1) is 16.7 Å². The van der Waals surface area contributed by atoms with E-state index in [0.29, 0.717) is 13.0 Å². The molecule has 0 N–H and O–H groups in total. The quantitative estimate of drug-likeness (QED) is 0.104. The van der Waals surface area contributed by atoms with E-state index in [1.165, 1.54) is 114 Å². The predicted octanol–water partition coefficient (Wildman–Crippen LogP) is 11.0. The van der Waals surface area contributed by atoms with Crippen molar-refractivity contribution in [2.45, 2.75) is 129 Å². The molecule has 4 aromatic rings. The number of unbranched alkanes of at least 4 members (excludes halogenated alkanes) is 15. The van der Waals surface area contributed by atoms with Crippen LogP contribution in [0.5, 0.6) is 0 Å². The molecule has 4 heteroatoms. The van der Waals surface area contributed by atoms with Crippen LogP contribution in [0.3, 0.4) is 0 Å². The number of aryl methyl sites for hydroxylation is 1. The van der Waals surface area contributed by atoms with Gasteiger partial charge in [0.25, 0.3) is 0 Å². The highest BCUT2D eigenvalue weighted by Crippen LogP contribution is 2.36. The highest BCUT2D eigenvalue weighted by molar-refractivity contribution is 6.05. The van der Waals surface area contributed by atoms with E-state index in [4.69, 9.17) is 4.98 Å². The summed E-state index contributed by atoms with van der Waals surface area (Å²) in [5.74, 6) is 1.39. The third-order valence-electron chi connectivity index (χ3n) is 9.47. The first-order chi connectivity index (χ1) is 21.3. The van der Waals surface area contributed by atoms with Gasteiger partial charge in [0.15, 0.2) is 0 Å². The van der Waals surface area contributed by atoms with Gasteiger partial charge >= 0.3 is 0 Å². The number of anilines is 1. The van der Waals surface area contributed by atoms with Crippen LogP contribution in [0, 0.1) is 0 Å². The maximum Gasteiger partial charge on any atom is 0.227 e. The van der Waals surface area contributed by atoms with Gasteiger partial charge in [-0.05, 0) is 30.0 Å². The average molecular weight is 580 g/mol. The zero-order valence-corrected chi connectivity index (χ0v) is 26.6. The average Bonchev–Trinajstić information content (AvgIpc) is 3.60. The summed E-state index contributed by atoms with van der Waals surface area (Å²) >= 11 is 0. The number of carbonyl (C=O) groups is 1. The molecule has 1 saturated heterocycles. The van der Waals surface area contributed by atoms with Crippen LogP contribution in [0.25, 0.3) is 21.8 Å². The summed E-state index contributed by atoms with van der Waals surface area (Å²) in [7, 11) is 0. The summed E-state index contributed by atoms with van der Waals surface area (Å²) in [5, 5.41) is 2.31. The van der Waals surface area contributed by atoms with Crippen molar-refractivity contribution in [1.82, 2.24) is 9.55 Å². The molecule has 0 bridgehead atoms. The van der Waals surface area contributed by atoms with Gasteiger partial charge in [-0.2, -0.15) is 0 Å². The number of carbonyl (C=O) groups excluding carboxylic acids is 1. The van der Waals surface area contributed by atoms with Crippen molar-refractivity contribution in [2.75, 3.05) is 11.4 Å². The molecule has 1 unspecified atom stereocenters. The second kappa shape index (κ2) is 16.6. The summed E-state index contributed by atoms with van der Waals surface area (Å²) in [4.78, 5) is 20.4. The number of rotatable bonds is 19. The van der Waals surface area contributed by atoms with Crippen LogP contribution in [0.4, 0.5) is 5.69 Å². The minimum atomic E-state index is 0.111. The summed E-state index contributed by atoms with van der Waals surface area (Å²) in [5.41, 5.74) is 3.27. The van der Waals surface area contributed by atoms with Gasteiger partial charge in [-0.3, -0.25) is 4.79 Å². The Balaban J connectivity index is 1.06. The van der Waals surface area contributed by atoms with Gasteiger partial charge in [0, 0.05) is 30.8 Å². The Morgan fingerprint density at radius 3 is 1.95 bits per heavy atom.